The Kier molecular flexibility index (Phi) is 7.00. The zero-order valence-corrected chi connectivity index (χ0v) is 16.9. The molecular formula is C20H15ClF2N4O5. The Bertz CT molecular complexity index is 1180. The summed E-state index contributed by atoms with van der Waals surface area (Å²) in [5.41, 5.74) is 0.237. The first-order valence-corrected chi connectivity index (χ1v) is 9.34. The number of nitrogens with zero attached hydrogens (tertiary/aromatic N) is 1. The quantitative estimate of drug-likeness (QED) is 0.379. The fraction of sp³-hybridized carbons (Fsp3) is 0.100. The molecule has 0 spiro atoms. The van der Waals surface area contributed by atoms with Gasteiger partial charge in [0.05, 0.1) is 10.6 Å². The maximum absolute atomic E-state index is 13.4. The molecule has 9 nitrogen and oxygen atoms in total. The lowest BCUT2D eigenvalue weighted by molar-refractivity contribution is -0.139. The molecule has 0 aliphatic heterocycles. The molecule has 3 rings (SSSR count). The molecule has 2 amide bonds. The van der Waals surface area contributed by atoms with Crippen LogP contribution in [0, 0.1) is 11.6 Å². The highest BCUT2D eigenvalue weighted by Gasteiger charge is 2.17. The van der Waals surface area contributed by atoms with Crippen molar-refractivity contribution in [3.63, 3.8) is 0 Å². The summed E-state index contributed by atoms with van der Waals surface area (Å²) >= 11 is 5.77. The van der Waals surface area contributed by atoms with Gasteiger partial charge in [-0.15, -0.1) is 0 Å². The summed E-state index contributed by atoms with van der Waals surface area (Å²) < 4.78 is 31.7. The largest absolute Gasteiger partial charge is 0.482 e. The zero-order chi connectivity index (χ0) is 23.3. The molecule has 1 aromatic heterocycles. The van der Waals surface area contributed by atoms with Gasteiger partial charge >= 0.3 is 5.97 Å². The van der Waals surface area contributed by atoms with Crippen LogP contribution in [0.15, 0.2) is 42.5 Å². The van der Waals surface area contributed by atoms with Crippen molar-refractivity contribution in [2.75, 3.05) is 11.9 Å². The molecule has 2 aromatic carbocycles. The minimum atomic E-state index is -1.24. The molecule has 4 N–H and O–H groups in total. The minimum absolute atomic E-state index is 0.000573. The fourth-order valence-corrected chi connectivity index (χ4v) is 2.82. The average molecular weight is 465 g/mol. The van der Waals surface area contributed by atoms with Gasteiger partial charge in [0.25, 0.3) is 11.8 Å². The molecule has 0 bridgehead atoms. The number of benzene rings is 2. The lowest BCUT2D eigenvalue weighted by atomic mass is 10.2. The van der Waals surface area contributed by atoms with Crippen molar-refractivity contribution in [3.05, 3.63) is 75.9 Å². The zero-order valence-electron chi connectivity index (χ0n) is 16.1. The number of para-hydroxylation sites is 1. The first-order valence-electron chi connectivity index (χ1n) is 8.96. The van der Waals surface area contributed by atoms with Crippen molar-refractivity contribution in [2.24, 2.45) is 0 Å². The number of hydrogen-bond donors (Lipinski definition) is 4. The van der Waals surface area contributed by atoms with Crippen molar-refractivity contribution in [3.8, 4) is 5.75 Å². The average Bonchev–Trinajstić information content (AvgIpc) is 3.22. The van der Waals surface area contributed by atoms with Crippen molar-refractivity contribution in [1.29, 1.82) is 0 Å². The standard InChI is InChI=1S/C20H15ClF2N4O5/c21-12-6-14(23)13(22)5-11(12)19(30)25-17-7-15(26-27-17)20(31)24-8-10-3-1-2-4-16(10)32-9-18(28)29/h1-7H,8-9H2,(H,24,31)(H,28,29)(H2,25,26,27,30). The van der Waals surface area contributed by atoms with Gasteiger partial charge in [-0.25, -0.2) is 13.6 Å². The molecule has 0 aliphatic rings. The van der Waals surface area contributed by atoms with E-state index in [4.69, 9.17) is 21.4 Å². The van der Waals surface area contributed by atoms with Gasteiger partial charge in [0.1, 0.15) is 11.4 Å². The molecule has 0 atom stereocenters. The number of ether oxygens (including phenoxy) is 1. The van der Waals surface area contributed by atoms with Crippen molar-refractivity contribution in [2.45, 2.75) is 6.54 Å². The minimum Gasteiger partial charge on any atom is -0.482 e. The molecule has 0 unspecified atom stereocenters. The van der Waals surface area contributed by atoms with E-state index in [1.54, 1.807) is 24.3 Å². The predicted octanol–water partition coefficient (Wildman–Crippen LogP) is 2.99. The normalized spacial score (nSPS) is 10.5. The van der Waals surface area contributed by atoms with Crippen LogP contribution >= 0.6 is 11.6 Å². The van der Waals surface area contributed by atoms with Crippen molar-refractivity contribution in [1.82, 2.24) is 15.5 Å². The first-order chi connectivity index (χ1) is 15.2. The van der Waals surface area contributed by atoms with Gasteiger partial charge in [-0.05, 0) is 18.2 Å². The number of aliphatic carboxylic acids is 1. The van der Waals surface area contributed by atoms with Crippen molar-refractivity contribution >= 4 is 35.2 Å². The second kappa shape index (κ2) is 9.88. The van der Waals surface area contributed by atoms with Crippen LogP contribution in [0.1, 0.15) is 26.4 Å². The maximum atomic E-state index is 13.4. The van der Waals surface area contributed by atoms with Crippen LogP contribution in [0.5, 0.6) is 5.75 Å². The number of carboxylic acids is 1. The summed E-state index contributed by atoms with van der Waals surface area (Å²) in [7, 11) is 0. The van der Waals surface area contributed by atoms with Crippen LogP contribution in [0.4, 0.5) is 14.6 Å². The van der Waals surface area contributed by atoms with E-state index >= 15 is 0 Å². The smallest absolute Gasteiger partial charge is 0.341 e. The third kappa shape index (κ3) is 5.58. The van der Waals surface area contributed by atoms with E-state index in [2.05, 4.69) is 20.8 Å². The van der Waals surface area contributed by atoms with Crippen LogP contribution in [0.3, 0.4) is 0 Å². The molecule has 166 valence electrons. The Hall–Kier alpha value is -3.99. The summed E-state index contributed by atoms with van der Waals surface area (Å²) in [6, 6.07) is 9.13. The topological polar surface area (TPSA) is 133 Å². The number of H-pyrrole nitrogens is 1. The van der Waals surface area contributed by atoms with E-state index in [0.717, 1.165) is 0 Å². The van der Waals surface area contributed by atoms with Gasteiger partial charge in [0, 0.05) is 18.2 Å². The summed E-state index contributed by atoms with van der Waals surface area (Å²) in [6.45, 7) is -0.504. The predicted molar refractivity (Wildman–Crippen MR) is 109 cm³/mol. The fourth-order valence-electron chi connectivity index (χ4n) is 2.58. The van der Waals surface area contributed by atoms with E-state index in [9.17, 15) is 23.2 Å². The summed E-state index contributed by atoms with van der Waals surface area (Å²) in [5.74, 6) is -4.74. The van der Waals surface area contributed by atoms with E-state index < -0.39 is 36.0 Å². The third-order valence-electron chi connectivity index (χ3n) is 4.08. The number of amides is 2. The second-order valence-corrected chi connectivity index (χ2v) is 6.75. The molecular weight excluding hydrogens is 450 g/mol. The van der Waals surface area contributed by atoms with Gasteiger partial charge in [0.15, 0.2) is 24.1 Å². The number of hydrogen-bond acceptors (Lipinski definition) is 5. The molecule has 12 heteroatoms. The van der Waals surface area contributed by atoms with E-state index in [1.165, 1.54) is 6.07 Å². The molecule has 0 aliphatic carbocycles. The summed E-state index contributed by atoms with van der Waals surface area (Å²) in [5, 5.41) is 19.6. The number of carboxylic acid groups (broad SMARTS) is 1. The highest BCUT2D eigenvalue weighted by Crippen LogP contribution is 2.21. The summed E-state index contributed by atoms with van der Waals surface area (Å²) in [4.78, 5) is 35.3. The van der Waals surface area contributed by atoms with E-state index in [-0.39, 0.29) is 28.6 Å². The van der Waals surface area contributed by atoms with Gasteiger partial charge in [-0.2, -0.15) is 5.10 Å². The van der Waals surface area contributed by atoms with E-state index in [1.807, 2.05) is 0 Å². The Morgan fingerprint density at radius 1 is 1.09 bits per heavy atom. The Morgan fingerprint density at radius 2 is 1.81 bits per heavy atom. The monoisotopic (exact) mass is 464 g/mol. The Balaban J connectivity index is 1.62. The molecule has 0 saturated heterocycles. The number of aromatic nitrogens is 2. The Morgan fingerprint density at radius 3 is 2.56 bits per heavy atom. The van der Waals surface area contributed by atoms with E-state index in [0.29, 0.717) is 23.4 Å². The molecule has 1 heterocycles. The number of aromatic amines is 1. The number of carbonyl (C=O) groups excluding carboxylic acids is 2. The van der Waals surface area contributed by atoms with Gasteiger partial charge in [-0.1, -0.05) is 29.8 Å². The number of carbonyl (C=O) groups is 3. The van der Waals surface area contributed by atoms with Crippen LogP contribution in [-0.2, 0) is 11.3 Å². The highest BCUT2D eigenvalue weighted by molar-refractivity contribution is 6.34. The third-order valence-corrected chi connectivity index (χ3v) is 4.39. The first kappa shape index (κ1) is 22.7. The Labute approximate surface area is 184 Å². The molecule has 3 aromatic rings. The van der Waals surface area contributed by atoms with Gasteiger partial charge < -0.3 is 20.5 Å². The lowest BCUT2D eigenvalue weighted by Gasteiger charge is -2.10. The molecule has 0 saturated carbocycles. The molecule has 0 radical (unpaired) electrons. The molecule has 32 heavy (non-hydrogen) atoms. The highest BCUT2D eigenvalue weighted by atomic mass is 35.5. The second-order valence-electron chi connectivity index (χ2n) is 6.34. The van der Waals surface area contributed by atoms with Crippen LogP contribution in [-0.4, -0.2) is 39.7 Å². The lowest BCUT2D eigenvalue weighted by Crippen LogP contribution is -2.23. The van der Waals surface area contributed by atoms with Gasteiger partial charge in [-0.3, -0.25) is 14.7 Å². The molecule has 0 fully saturated rings. The number of rotatable bonds is 8. The van der Waals surface area contributed by atoms with Gasteiger partial charge in [0.2, 0.25) is 0 Å². The number of halogens is 3. The van der Waals surface area contributed by atoms with Crippen molar-refractivity contribution < 1.29 is 33.0 Å². The number of nitrogens with one attached hydrogen (secondary N) is 3. The van der Waals surface area contributed by atoms with Crippen LogP contribution in [0.25, 0.3) is 0 Å². The SMILES string of the molecule is O=C(O)COc1ccccc1CNC(=O)c1cc(NC(=O)c2cc(F)c(F)cc2Cl)n[nH]1. The summed E-state index contributed by atoms with van der Waals surface area (Å²) in [6.07, 6.45) is 0. The van der Waals surface area contributed by atoms with Crippen LogP contribution in [0.2, 0.25) is 5.02 Å². The number of anilines is 1. The van der Waals surface area contributed by atoms with Crippen LogP contribution < -0.4 is 15.4 Å². The maximum Gasteiger partial charge on any atom is 0.341 e.